The number of pyridine rings is 2. The summed E-state index contributed by atoms with van der Waals surface area (Å²) in [7, 11) is -1.66. The molecule has 3 rings (SSSR count). The third-order valence-electron chi connectivity index (χ3n) is 3.36. The molecule has 1 aromatic carbocycles. The van der Waals surface area contributed by atoms with Gasteiger partial charge in [0.25, 0.3) is 0 Å². The zero-order chi connectivity index (χ0) is 17.2. The van der Waals surface area contributed by atoms with Crippen molar-refractivity contribution in [3.63, 3.8) is 0 Å². The molecule has 0 atom stereocenters. The zero-order valence-electron chi connectivity index (χ0n) is 14.7. The van der Waals surface area contributed by atoms with Gasteiger partial charge in [-0.15, -0.1) is 0 Å². The second kappa shape index (κ2) is 6.48. The highest BCUT2D eigenvalue weighted by Crippen LogP contribution is 2.25. The molecule has 0 unspecified atom stereocenters. The van der Waals surface area contributed by atoms with Crippen LogP contribution < -0.4 is 4.90 Å². The fourth-order valence-corrected chi connectivity index (χ4v) is 2.70. The van der Waals surface area contributed by atoms with Crippen LogP contribution in [-0.2, 0) is 4.43 Å². The third kappa shape index (κ3) is 3.94. The number of fused-ring (bicyclic) bond motifs is 1. The van der Waals surface area contributed by atoms with Crippen LogP contribution in [0.25, 0.3) is 11.0 Å². The quantitative estimate of drug-likeness (QED) is 0.509. The average Bonchev–Trinajstić information content (AvgIpc) is 2.54. The van der Waals surface area contributed by atoms with Crippen molar-refractivity contribution < 1.29 is 5.80 Å². The average molecular weight is 324 g/mol. The molecule has 0 aliphatic carbocycles. The summed E-state index contributed by atoms with van der Waals surface area (Å²) in [5.74, 6) is 0.791. The molecular formula is C18H21N3OSi. The monoisotopic (exact) mass is 324 g/mol. The summed E-state index contributed by atoms with van der Waals surface area (Å²) in [6.45, 7) is 6.95. The van der Waals surface area contributed by atoms with Crippen LogP contribution in [-0.4, -0.2) is 25.0 Å². The maximum Gasteiger partial charge on any atom is 0.186 e. The molecule has 0 amide bonds. The fourth-order valence-electron chi connectivity index (χ4n) is 2.18. The van der Waals surface area contributed by atoms with Crippen molar-refractivity contribution in [3.8, 4) is 0 Å². The van der Waals surface area contributed by atoms with Crippen LogP contribution in [0.3, 0.4) is 0 Å². The molecule has 0 aliphatic rings. The molecule has 2 heterocycles. The van der Waals surface area contributed by atoms with Crippen molar-refractivity contribution >= 4 is 30.9 Å². The van der Waals surface area contributed by atoms with Crippen LogP contribution in [0.15, 0.2) is 60.8 Å². The third-order valence-corrected chi connectivity index (χ3v) is 4.35. The SMILES string of the molecule is [2H]c1cnc2ccc(N(CO[Si](C)(C)C)c3ccccc3)nc2c1. The van der Waals surface area contributed by atoms with E-state index in [-0.39, 0.29) is 0 Å². The fraction of sp³-hybridized carbons (Fsp3) is 0.222. The Morgan fingerprint density at radius 2 is 1.83 bits per heavy atom. The zero-order valence-corrected chi connectivity index (χ0v) is 14.7. The van der Waals surface area contributed by atoms with Crippen LogP contribution in [0.2, 0.25) is 19.6 Å². The van der Waals surface area contributed by atoms with E-state index >= 15 is 0 Å². The lowest BCUT2D eigenvalue weighted by atomic mass is 10.2. The first-order chi connectivity index (χ1) is 11.4. The first-order valence-corrected chi connectivity index (χ1v) is 11.0. The van der Waals surface area contributed by atoms with Crippen molar-refractivity contribution in [2.24, 2.45) is 0 Å². The van der Waals surface area contributed by atoms with Crippen LogP contribution >= 0.6 is 0 Å². The maximum atomic E-state index is 7.75. The lowest BCUT2D eigenvalue weighted by molar-refractivity contribution is 0.320. The van der Waals surface area contributed by atoms with E-state index < -0.39 is 8.32 Å². The van der Waals surface area contributed by atoms with Gasteiger partial charge >= 0.3 is 0 Å². The van der Waals surface area contributed by atoms with E-state index in [2.05, 4.69) is 24.6 Å². The molecule has 0 N–H and O–H groups in total. The van der Waals surface area contributed by atoms with Gasteiger partial charge in [0, 0.05) is 11.9 Å². The molecule has 2 aromatic heterocycles. The Labute approximate surface area is 139 Å². The first-order valence-electron chi connectivity index (χ1n) is 8.12. The van der Waals surface area contributed by atoms with Gasteiger partial charge in [0.2, 0.25) is 0 Å². The van der Waals surface area contributed by atoms with E-state index in [1.54, 1.807) is 6.07 Å². The van der Waals surface area contributed by atoms with Crippen molar-refractivity contribution in [1.82, 2.24) is 9.97 Å². The van der Waals surface area contributed by atoms with Gasteiger partial charge in [-0.3, -0.25) is 4.98 Å². The molecule has 3 aromatic rings. The standard InChI is InChI=1S/C18H21N3OSi/c1-23(2,3)22-14-21(15-8-5-4-6-9-15)18-12-11-16-17(20-18)10-7-13-19-16/h4-13H,14H2,1-3H3/i7D. The number of benzene rings is 1. The maximum absolute atomic E-state index is 7.75. The Balaban J connectivity index is 2.01. The van der Waals surface area contributed by atoms with E-state index in [4.69, 9.17) is 10.8 Å². The van der Waals surface area contributed by atoms with Gasteiger partial charge in [-0.05, 0) is 56.0 Å². The summed E-state index contributed by atoms with van der Waals surface area (Å²) in [5.41, 5.74) is 2.53. The van der Waals surface area contributed by atoms with Crippen LogP contribution in [0.5, 0.6) is 0 Å². The predicted molar refractivity (Wildman–Crippen MR) is 97.4 cm³/mol. The smallest absolute Gasteiger partial charge is 0.186 e. The van der Waals surface area contributed by atoms with Crippen LogP contribution in [0, 0.1) is 0 Å². The number of rotatable bonds is 5. The van der Waals surface area contributed by atoms with Gasteiger partial charge in [0.15, 0.2) is 8.32 Å². The van der Waals surface area contributed by atoms with Crippen molar-refractivity contribution in [2.75, 3.05) is 11.6 Å². The normalized spacial score (nSPS) is 12.2. The van der Waals surface area contributed by atoms with Crippen LogP contribution in [0.4, 0.5) is 11.5 Å². The Kier molecular flexibility index (Phi) is 4.04. The number of aromatic nitrogens is 2. The van der Waals surface area contributed by atoms with Crippen molar-refractivity contribution in [1.29, 1.82) is 0 Å². The minimum Gasteiger partial charge on any atom is -0.400 e. The van der Waals surface area contributed by atoms with E-state index in [0.29, 0.717) is 18.3 Å². The van der Waals surface area contributed by atoms with Gasteiger partial charge in [-0.25, -0.2) is 4.98 Å². The molecule has 0 saturated carbocycles. The summed E-state index contributed by atoms with van der Waals surface area (Å²) >= 11 is 0. The molecule has 118 valence electrons. The first kappa shape index (κ1) is 14.4. The Hall–Kier alpha value is -2.24. The molecule has 0 saturated heterocycles. The van der Waals surface area contributed by atoms with E-state index in [0.717, 1.165) is 17.0 Å². The Morgan fingerprint density at radius 3 is 2.57 bits per heavy atom. The minimum absolute atomic E-state index is 0.358. The lowest BCUT2D eigenvalue weighted by Gasteiger charge is -2.28. The number of anilines is 2. The number of nitrogens with zero attached hydrogens (tertiary/aromatic N) is 3. The van der Waals surface area contributed by atoms with Crippen molar-refractivity contribution in [3.05, 3.63) is 60.8 Å². The number of para-hydroxylation sites is 1. The highest BCUT2D eigenvalue weighted by molar-refractivity contribution is 6.69. The van der Waals surface area contributed by atoms with Gasteiger partial charge in [-0.1, -0.05) is 18.2 Å². The predicted octanol–water partition coefficient (Wildman–Crippen LogP) is 4.58. The van der Waals surface area contributed by atoms with E-state index in [1.807, 2.05) is 47.4 Å². The van der Waals surface area contributed by atoms with Crippen molar-refractivity contribution in [2.45, 2.75) is 19.6 Å². The van der Waals surface area contributed by atoms with E-state index in [1.165, 1.54) is 6.20 Å². The molecule has 0 bridgehead atoms. The van der Waals surface area contributed by atoms with Gasteiger partial charge < -0.3 is 9.33 Å². The second-order valence-electron chi connectivity index (χ2n) is 6.29. The molecule has 0 radical (unpaired) electrons. The molecule has 0 fully saturated rings. The summed E-state index contributed by atoms with van der Waals surface area (Å²) in [6, 6.07) is 16.0. The number of hydrogen-bond acceptors (Lipinski definition) is 4. The molecule has 5 heteroatoms. The molecular weight excluding hydrogens is 302 g/mol. The summed E-state index contributed by atoms with van der Waals surface area (Å²) in [5, 5.41) is 0. The largest absolute Gasteiger partial charge is 0.400 e. The summed E-state index contributed by atoms with van der Waals surface area (Å²) in [4.78, 5) is 11.0. The van der Waals surface area contributed by atoms with Crippen LogP contribution in [0.1, 0.15) is 1.37 Å². The minimum atomic E-state index is -1.66. The van der Waals surface area contributed by atoms with Gasteiger partial charge in [0.05, 0.1) is 12.4 Å². The van der Waals surface area contributed by atoms with E-state index in [9.17, 15) is 0 Å². The van der Waals surface area contributed by atoms with Gasteiger partial charge in [0.1, 0.15) is 12.5 Å². The topological polar surface area (TPSA) is 38.2 Å². The Morgan fingerprint density at radius 1 is 1.04 bits per heavy atom. The number of hydrogen-bond donors (Lipinski definition) is 0. The van der Waals surface area contributed by atoms with Gasteiger partial charge in [-0.2, -0.15) is 0 Å². The summed E-state index contributed by atoms with van der Waals surface area (Å²) in [6.07, 6.45) is 1.53. The highest BCUT2D eigenvalue weighted by atomic mass is 28.4. The Bertz CT molecular complexity index is 837. The molecule has 0 spiro atoms. The highest BCUT2D eigenvalue weighted by Gasteiger charge is 2.18. The second-order valence-corrected chi connectivity index (χ2v) is 10.8. The molecule has 4 nitrogen and oxygen atoms in total. The summed E-state index contributed by atoms with van der Waals surface area (Å²) < 4.78 is 13.9. The lowest BCUT2D eigenvalue weighted by Crippen LogP contribution is -2.32. The molecule has 23 heavy (non-hydrogen) atoms. The molecule has 0 aliphatic heterocycles.